The van der Waals surface area contributed by atoms with E-state index in [-0.39, 0.29) is 0 Å². The number of fused-ring (bicyclic) bond motifs is 1. The SMILES string of the molecule is Cc1ccccc1CC(C)NC1CCc2cccnc21. The molecule has 2 unspecified atom stereocenters. The lowest BCUT2D eigenvalue weighted by Crippen LogP contribution is -2.31. The second-order valence-electron chi connectivity index (χ2n) is 5.84. The van der Waals surface area contributed by atoms with Crippen LogP contribution < -0.4 is 5.32 Å². The predicted molar refractivity (Wildman–Crippen MR) is 82.8 cm³/mol. The normalized spacial score (nSPS) is 18.8. The van der Waals surface area contributed by atoms with E-state index in [2.05, 4.69) is 54.5 Å². The summed E-state index contributed by atoms with van der Waals surface area (Å²) in [6.07, 6.45) is 5.30. The molecule has 0 saturated carbocycles. The second kappa shape index (κ2) is 5.76. The highest BCUT2D eigenvalue weighted by Gasteiger charge is 2.24. The Balaban J connectivity index is 1.66. The van der Waals surface area contributed by atoms with E-state index in [1.807, 2.05) is 12.3 Å². The molecule has 1 aromatic heterocycles. The van der Waals surface area contributed by atoms with Crippen LogP contribution in [0.4, 0.5) is 0 Å². The largest absolute Gasteiger partial charge is 0.306 e. The van der Waals surface area contributed by atoms with Crippen molar-refractivity contribution in [3.05, 3.63) is 65.0 Å². The zero-order valence-corrected chi connectivity index (χ0v) is 12.3. The fourth-order valence-corrected chi connectivity index (χ4v) is 3.15. The van der Waals surface area contributed by atoms with Crippen LogP contribution in [0.2, 0.25) is 0 Å². The first kappa shape index (κ1) is 13.3. The molecule has 1 N–H and O–H groups in total. The van der Waals surface area contributed by atoms with Gasteiger partial charge in [0.15, 0.2) is 0 Å². The molecule has 2 heteroatoms. The minimum Gasteiger partial charge on any atom is -0.306 e. The summed E-state index contributed by atoms with van der Waals surface area (Å²) < 4.78 is 0. The van der Waals surface area contributed by atoms with Crippen LogP contribution in [0.25, 0.3) is 0 Å². The van der Waals surface area contributed by atoms with E-state index in [1.54, 1.807) is 0 Å². The van der Waals surface area contributed by atoms with Gasteiger partial charge in [-0.05, 0) is 55.9 Å². The highest BCUT2D eigenvalue weighted by Crippen LogP contribution is 2.29. The molecule has 1 heterocycles. The molecule has 0 amide bonds. The molecule has 2 nitrogen and oxygen atoms in total. The second-order valence-corrected chi connectivity index (χ2v) is 5.84. The van der Waals surface area contributed by atoms with Crippen LogP contribution in [-0.2, 0) is 12.8 Å². The highest BCUT2D eigenvalue weighted by atomic mass is 15.0. The van der Waals surface area contributed by atoms with E-state index in [9.17, 15) is 0 Å². The van der Waals surface area contributed by atoms with Crippen molar-refractivity contribution in [1.82, 2.24) is 10.3 Å². The Morgan fingerprint density at radius 2 is 2.10 bits per heavy atom. The minimum absolute atomic E-state index is 0.421. The van der Waals surface area contributed by atoms with Crippen LogP contribution >= 0.6 is 0 Å². The molecule has 3 rings (SSSR count). The number of pyridine rings is 1. The summed E-state index contributed by atoms with van der Waals surface area (Å²) in [6, 6.07) is 13.8. The topological polar surface area (TPSA) is 24.9 Å². The fourth-order valence-electron chi connectivity index (χ4n) is 3.15. The van der Waals surface area contributed by atoms with Crippen molar-refractivity contribution in [3.63, 3.8) is 0 Å². The Kier molecular flexibility index (Phi) is 3.83. The highest BCUT2D eigenvalue weighted by molar-refractivity contribution is 5.29. The third-order valence-electron chi connectivity index (χ3n) is 4.23. The number of aryl methyl sites for hydroxylation is 2. The van der Waals surface area contributed by atoms with E-state index < -0.39 is 0 Å². The molecule has 2 aromatic rings. The van der Waals surface area contributed by atoms with E-state index in [0.29, 0.717) is 12.1 Å². The number of aromatic nitrogens is 1. The first-order chi connectivity index (χ1) is 9.74. The Morgan fingerprint density at radius 3 is 2.95 bits per heavy atom. The van der Waals surface area contributed by atoms with E-state index in [1.165, 1.54) is 28.8 Å². The summed E-state index contributed by atoms with van der Waals surface area (Å²) in [5, 5.41) is 3.75. The van der Waals surface area contributed by atoms with Crippen molar-refractivity contribution in [2.75, 3.05) is 0 Å². The number of nitrogens with one attached hydrogen (secondary N) is 1. The molecule has 104 valence electrons. The molecule has 0 saturated heterocycles. The number of hydrogen-bond acceptors (Lipinski definition) is 2. The van der Waals surface area contributed by atoms with Gasteiger partial charge < -0.3 is 5.32 Å². The third kappa shape index (κ3) is 2.75. The Bertz CT molecular complexity index is 591. The number of rotatable bonds is 4. The van der Waals surface area contributed by atoms with Crippen molar-refractivity contribution in [2.24, 2.45) is 0 Å². The van der Waals surface area contributed by atoms with Gasteiger partial charge in [-0.15, -0.1) is 0 Å². The number of benzene rings is 1. The van der Waals surface area contributed by atoms with Crippen LogP contribution in [0.5, 0.6) is 0 Å². The standard InChI is InChI=1S/C18H22N2/c1-13-6-3-4-7-16(13)12-14(2)20-17-10-9-15-8-5-11-19-18(15)17/h3-8,11,14,17,20H,9-10,12H2,1-2H3. The summed E-state index contributed by atoms with van der Waals surface area (Å²) in [6.45, 7) is 4.46. The number of hydrogen-bond donors (Lipinski definition) is 1. The lowest BCUT2D eigenvalue weighted by molar-refractivity contribution is 0.445. The molecule has 1 aliphatic rings. The van der Waals surface area contributed by atoms with Gasteiger partial charge in [0, 0.05) is 12.2 Å². The summed E-state index contributed by atoms with van der Waals surface area (Å²) in [7, 11) is 0. The Hall–Kier alpha value is -1.67. The van der Waals surface area contributed by atoms with Gasteiger partial charge in [-0.3, -0.25) is 4.98 Å². The first-order valence-electron chi connectivity index (χ1n) is 7.48. The molecule has 1 aromatic carbocycles. The monoisotopic (exact) mass is 266 g/mol. The Morgan fingerprint density at radius 1 is 1.25 bits per heavy atom. The lowest BCUT2D eigenvalue weighted by atomic mass is 10.0. The van der Waals surface area contributed by atoms with Gasteiger partial charge in [-0.1, -0.05) is 30.3 Å². The van der Waals surface area contributed by atoms with Crippen molar-refractivity contribution in [3.8, 4) is 0 Å². The van der Waals surface area contributed by atoms with E-state index in [0.717, 1.165) is 12.8 Å². The van der Waals surface area contributed by atoms with Crippen LogP contribution in [0.3, 0.4) is 0 Å². The maximum Gasteiger partial charge on any atom is 0.0605 e. The molecular formula is C18H22N2. The molecule has 0 bridgehead atoms. The van der Waals surface area contributed by atoms with E-state index in [4.69, 9.17) is 0 Å². The quantitative estimate of drug-likeness (QED) is 0.914. The first-order valence-corrected chi connectivity index (χ1v) is 7.48. The van der Waals surface area contributed by atoms with Gasteiger partial charge >= 0.3 is 0 Å². The van der Waals surface area contributed by atoms with Crippen LogP contribution in [0, 0.1) is 6.92 Å². The minimum atomic E-state index is 0.421. The molecule has 0 spiro atoms. The van der Waals surface area contributed by atoms with Crippen molar-refractivity contribution < 1.29 is 0 Å². The van der Waals surface area contributed by atoms with Crippen molar-refractivity contribution >= 4 is 0 Å². The third-order valence-corrected chi connectivity index (χ3v) is 4.23. The van der Waals surface area contributed by atoms with Gasteiger partial charge in [-0.25, -0.2) is 0 Å². The summed E-state index contributed by atoms with van der Waals surface area (Å²) in [5.74, 6) is 0. The molecule has 2 atom stereocenters. The smallest absolute Gasteiger partial charge is 0.0605 e. The number of nitrogens with zero attached hydrogens (tertiary/aromatic N) is 1. The molecular weight excluding hydrogens is 244 g/mol. The van der Waals surface area contributed by atoms with Crippen molar-refractivity contribution in [1.29, 1.82) is 0 Å². The van der Waals surface area contributed by atoms with Crippen LogP contribution in [0.15, 0.2) is 42.6 Å². The van der Waals surface area contributed by atoms with Gasteiger partial charge in [0.05, 0.1) is 11.7 Å². The average molecular weight is 266 g/mol. The lowest BCUT2D eigenvalue weighted by Gasteiger charge is -2.20. The molecule has 0 fully saturated rings. The van der Waals surface area contributed by atoms with Crippen LogP contribution in [0.1, 0.15) is 41.8 Å². The molecule has 1 aliphatic carbocycles. The van der Waals surface area contributed by atoms with Gasteiger partial charge in [0.2, 0.25) is 0 Å². The molecule has 20 heavy (non-hydrogen) atoms. The molecule has 0 radical (unpaired) electrons. The van der Waals surface area contributed by atoms with Crippen molar-refractivity contribution in [2.45, 2.75) is 45.2 Å². The predicted octanol–water partition coefficient (Wildman–Crippen LogP) is 3.60. The van der Waals surface area contributed by atoms with Gasteiger partial charge in [0.25, 0.3) is 0 Å². The fraction of sp³-hybridized carbons (Fsp3) is 0.389. The average Bonchev–Trinajstić information content (AvgIpc) is 2.85. The zero-order valence-electron chi connectivity index (χ0n) is 12.3. The zero-order chi connectivity index (χ0) is 13.9. The molecule has 0 aliphatic heterocycles. The maximum absolute atomic E-state index is 4.56. The van der Waals surface area contributed by atoms with Gasteiger partial charge in [0.1, 0.15) is 0 Å². The maximum atomic E-state index is 4.56. The Labute approximate surface area is 121 Å². The van der Waals surface area contributed by atoms with E-state index >= 15 is 0 Å². The van der Waals surface area contributed by atoms with Crippen LogP contribution in [-0.4, -0.2) is 11.0 Å². The summed E-state index contributed by atoms with van der Waals surface area (Å²) >= 11 is 0. The van der Waals surface area contributed by atoms with Gasteiger partial charge in [-0.2, -0.15) is 0 Å². The summed E-state index contributed by atoms with van der Waals surface area (Å²) in [5.41, 5.74) is 5.48. The summed E-state index contributed by atoms with van der Waals surface area (Å²) in [4.78, 5) is 4.56.